The Morgan fingerprint density at radius 2 is 1.78 bits per heavy atom. The van der Waals surface area contributed by atoms with Crippen LogP contribution in [0.2, 0.25) is 0 Å². The van der Waals surface area contributed by atoms with E-state index >= 15 is 0 Å². The minimum atomic E-state index is 0.521. The Morgan fingerprint density at radius 3 is 2.56 bits per heavy atom. The highest BCUT2D eigenvalue weighted by Crippen LogP contribution is 2.67. The Labute approximate surface area is 165 Å². The van der Waals surface area contributed by atoms with Gasteiger partial charge in [0.25, 0.3) is 0 Å². The molecule has 2 N–H and O–H groups in total. The molecule has 0 radical (unpaired) electrons. The first kappa shape index (κ1) is 17.6. The molecular weight excluding hydrogens is 326 g/mol. The molecule has 4 aliphatic carbocycles. The molecule has 0 bridgehead atoms. The van der Waals surface area contributed by atoms with E-state index in [4.69, 9.17) is 5.73 Å². The van der Waals surface area contributed by atoms with Gasteiger partial charge in [0.05, 0.1) is 0 Å². The maximum atomic E-state index is 6.02. The van der Waals surface area contributed by atoms with Crippen molar-refractivity contribution in [3.8, 4) is 0 Å². The standard InChI is InChI=1S/C26H35N/c1-16-4-11-21-19(14-16)8-12-22-24-13-5-17(2)26(24,3)15-23(25(21)22)18-6-9-20(27)10-7-18/h6-7,9-10,14,17,21-25H,1,4-5,8,11-13,15,27H2,2-3H3. The molecule has 1 aromatic rings. The van der Waals surface area contributed by atoms with Gasteiger partial charge in [-0.15, -0.1) is 0 Å². The lowest BCUT2D eigenvalue weighted by molar-refractivity contribution is -0.0340. The molecule has 1 nitrogen and oxygen atoms in total. The Hall–Kier alpha value is -1.50. The van der Waals surface area contributed by atoms with Gasteiger partial charge in [-0.2, -0.15) is 0 Å². The van der Waals surface area contributed by atoms with Gasteiger partial charge >= 0.3 is 0 Å². The van der Waals surface area contributed by atoms with Crippen LogP contribution in [0.1, 0.15) is 70.3 Å². The second-order valence-corrected chi connectivity index (χ2v) is 10.4. The molecule has 0 heterocycles. The van der Waals surface area contributed by atoms with E-state index in [1.54, 1.807) is 11.1 Å². The van der Waals surface area contributed by atoms with E-state index in [2.05, 4.69) is 50.8 Å². The molecule has 1 heteroatoms. The normalized spacial score (nSPS) is 43.5. The summed E-state index contributed by atoms with van der Waals surface area (Å²) in [4.78, 5) is 0. The molecule has 0 saturated heterocycles. The highest BCUT2D eigenvalue weighted by molar-refractivity contribution is 5.41. The summed E-state index contributed by atoms with van der Waals surface area (Å²) in [7, 11) is 0. The summed E-state index contributed by atoms with van der Waals surface area (Å²) in [6.45, 7) is 9.44. The number of hydrogen-bond donors (Lipinski definition) is 1. The molecule has 1 aromatic carbocycles. The van der Waals surface area contributed by atoms with Crippen molar-refractivity contribution in [3.63, 3.8) is 0 Å². The van der Waals surface area contributed by atoms with Gasteiger partial charge in [0.1, 0.15) is 0 Å². The van der Waals surface area contributed by atoms with Crippen molar-refractivity contribution < 1.29 is 0 Å². The molecule has 5 rings (SSSR count). The predicted octanol–water partition coefficient (Wildman–Crippen LogP) is 6.73. The van der Waals surface area contributed by atoms with Crippen LogP contribution in [-0.2, 0) is 0 Å². The molecule has 0 amide bonds. The lowest BCUT2D eigenvalue weighted by atomic mass is 9.47. The van der Waals surface area contributed by atoms with Crippen LogP contribution >= 0.6 is 0 Å². The van der Waals surface area contributed by atoms with Crippen LogP contribution in [0.15, 0.2) is 48.1 Å². The van der Waals surface area contributed by atoms with E-state index in [0.717, 1.165) is 35.3 Å². The van der Waals surface area contributed by atoms with Crippen molar-refractivity contribution in [1.29, 1.82) is 0 Å². The fraction of sp³-hybridized carbons (Fsp3) is 0.615. The molecule has 0 aromatic heterocycles. The number of benzene rings is 1. The smallest absolute Gasteiger partial charge is 0.0314 e. The number of fused-ring (bicyclic) bond motifs is 5. The molecule has 3 fully saturated rings. The first-order valence-corrected chi connectivity index (χ1v) is 11.2. The van der Waals surface area contributed by atoms with E-state index in [9.17, 15) is 0 Å². The number of allylic oxidation sites excluding steroid dienone is 3. The number of anilines is 1. The number of nitrogens with two attached hydrogens (primary N) is 1. The Bertz CT molecular complexity index is 772. The SMILES string of the molecule is C=C1C=C2CCC3C(C2CC1)C(c1ccc(N)cc1)CC1(C)C(C)CCC31. The number of rotatable bonds is 1. The van der Waals surface area contributed by atoms with Crippen molar-refractivity contribution in [2.45, 2.75) is 64.7 Å². The molecule has 0 aliphatic heterocycles. The fourth-order valence-electron chi connectivity index (χ4n) is 7.74. The Morgan fingerprint density at radius 1 is 1.00 bits per heavy atom. The number of hydrogen-bond acceptors (Lipinski definition) is 1. The third-order valence-electron chi connectivity index (χ3n) is 9.26. The lowest BCUT2D eigenvalue weighted by Gasteiger charge is -2.57. The third-order valence-corrected chi connectivity index (χ3v) is 9.26. The summed E-state index contributed by atoms with van der Waals surface area (Å²) in [6.07, 6.45) is 12.0. The molecule has 4 aliphatic rings. The van der Waals surface area contributed by atoms with E-state index in [1.165, 1.54) is 50.5 Å². The average molecular weight is 362 g/mol. The second kappa shape index (κ2) is 6.26. The molecule has 7 unspecified atom stereocenters. The summed E-state index contributed by atoms with van der Waals surface area (Å²) in [6, 6.07) is 8.92. The zero-order valence-electron chi connectivity index (χ0n) is 17.1. The summed E-state index contributed by atoms with van der Waals surface area (Å²) in [5.74, 6) is 5.02. The van der Waals surface area contributed by atoms with Gasteiger partial charge in [0.15, 0.2) is 0 Å². The average Bonchev–Trinajstić information content (AvgIpc) is 2.96. The quantitative estimate of drug-likeness (QED) is 0.552. The largest absolute Gasteiger partial charge is 0.399 e. The maximum absolute atomic E-state index is 6.02. The van der Waals surface area contributed by atoms with Crippen LogP contribution in [0.25, 0.3) is 0 Å². The Kier molecular flexibility index (Phi) is 4.08. The van der Waals surface area contributed by atoms with E-state index in [-0.39, 0.29) is 0 Å². The highest BCUT2D eigenvalue weighted by Gasteiger charge is 2.58. The monoisotopic (exact) mass is 361 g/mol. The van der Waals surface area contributed by atoms with Gasteiger partial charge < -0.3 is 5.73 Å². The van der Waals surface area contributed by atoms with Crippen molar-refractivity contribution >= 4 is 5.69 Å². The molecule has 7 atom stereocenters. The van der Waals surface area contributed by atoms with Crippen molar-refractivity contribution in [2.75, 3.05) is 5.73 Å². The first-order valence-electron chi connectivity index (χ1n) is 11.2. The maximum Gasteiger partial charge on any atom is 0.0314 e. The molecule has 3 saturated carbocycles. The van der Waals surface area contributed by atoms with Crippen LogP contribution in [0, 0.1) is 35.0 Å². The summed E-state index contributed by atoms with van der Waals surface area (Å²) in [5.41, 5.74) is 12.1. The van der Waals surface area contributed by atoms with Crippen molar-refractivity contribution in [2.24, 2.45) is 35.0 Å². The molecule has 27 heavy (non-hydrogen) atoms. The van der Waals surface area contributed by atoms with Gasteiger partial charge in [-0.05, 0) is 104 Å². The van der Waals surface area contributed by atoms with E-state index < -0.39 is 0 Å². The second-order valence-electron chi connectivity index (χ2n) is 10.4. The molecular formula is C26H35N. The van der Waals surface area contributed by atoms with Gasteiger partial charge in [-0.25, -0.2) is 0 Å². The Balaban J connectivity index is 1.59. The zero-order chi connectivity index (χ0) is 18.8. The first-order chi connectivity index (χ1) is 13.0. The molecule has 0 spiro atoms. The lowest BCUT2D eigenvalue weighted by Crippen LogP contribution is -2.49. The minimum absolute atomic E-state index is 0.521. The fourth-order valence-corrected chi connectivity index (χ4v) is 7.74. The zero-order valence-corrected chi connectivity index (χ0v) is 17.1. The summed E-state index contributed by atoms with van der Waals surface area (Å²) >= 11 is 0. The third kappa shape index (κ3) is 2.64. The van der Waals surface area contributed by atoms with Gasteiger partial charge in [-0.3, -0.25) is 0 Å². The highest BCUT2D eigenvalue weighted by atomic mass is 14.6. The number of nitrogen functional groups attached to an aromatic ring is 1. The van der Waals surface area contributed by atoms with Crippen LogP contribution < -0.4 is 5.73 Å². The topological polar surface area (TPSA) is 26.0 Å². The van der Waals surface area contributed by atoms with Crippen LogP contribution in [0.4, 0.5) is 5.69 Å². The summed E-state index contributed by atoms with van der Waals surface area (Å²) < 4.78 is 0. The summed E-state index contributed by atoms with van der Waals surface area (Å²) in [5, 5.41) is 0. The van der Waals surface area contributed by atoms with Gasteiger partial charge in [0.2, 0.25) is 0 Å². The van der Waals surface area contributed by atoms with E-state index in [1.807, 2.05) is 0 Å². The van der Waals surface area contributed by atoms with Crippen LogP contribution in [0.3, 0.4) is 0 Å². The van der Waals surface area contributed by atoms with Crippen molar-refractivity contribution in [1.82, 2.24) is 0 Å². The van der Waals surface area contributed by atoms with Crippen molar-refractivity contribution in [3.05, 3.63) is 53.6 Å². The molecule has 144 valence electrons. The van der Waals surface area contributed by atoms with Crippen LogP contribution in [-0.4, -0.2) is 0 Å². The van der Waals surface area contributed by atoms with Gasteiger partial charge in [-0.1, -0.05) is 49.8 Å². The predicted molar refractivity (Wildman–Crippen MR) is 114 cm³/mol. The van der Waals surface area contributed by atoms with E-state index in [0.29, 0.717) is 11.3 Å². The minimum Gasteiger partial charge on any atom is -0.399 e. The van der Waals surface area contributed by atoms with Gasteiger partial charge in [0, 0.05) is 5.69 Å². The van der Waals surface area contributed by atoms with Crippen LogP contribution in [0.5, 0.6) is 0 Å².